The number of benzene rings is 1. The van der Waals surface area contributed by atoms with Gasteiger partial charge in [0.05, 0.1) is 6.04 Å². The average molecular weight is 239 g/mol. The minimum atomic E-state index is 0.186. The lowest BCUT2D eigenvalue weighted by atomic mass is 9.86. The molecule has 1 aromatic rings. The third-order valence-corrected chi connectivity index (χ3v) is 4.12. The molecule has 0 amide bonds. The molecule has 2 rings (SSSR count). The highest BCUT2D eigenvalue weighted by atomic mass is 35.5. The third kappa shape index (κ3) is 2.24. The number of hydrazine groups is 1. The fourth-order valence-corrected chi connectivity index (χ4v) is 3.09. The molecule has 16 heavy (non-hydrogen) atoms. The summed E-state index contributed by atoms with van der Waals surface area (Å²) in [6.07, 6.45) is 3.84. The zero-order valence-corrected chi connectivity index (χ0v) is 10.4. The quantitative estimate of drug-likeness (QED) is 0.627. The Kier molecular flexibility index (Phi) is 3.85. The van der Waals surface area contributed by atoms with Crippen molar-refractivity contribution in [3.63, 3.8) is 0 Å². The van der Waals surface area contributed by atoms with Crippen LogP contribution in [-0.2, 0) is 0 Å². The topological polar surface area (TPSA) is 38.0 Å². The van der Waals surface area contributed by atoms with Gasteiger partial charge in [-0.2, -0.15) is 0 Å². The molecule has 1 fully saturated rings. The summed E-state index contributed by atoms with van der Waals surface area (Å²) in [5, 5.41) is 0.810. The average Bonchev–Trinajstić information content (AvgIpc) is 2.69. The van der Waals surface area contributed by atoms with Gasteiger partial charge in [0.15, 0.2) is 0 Å². The zero-order chi connectivity index (χ0) is 11.5. The standard InChI is InChI=1S/C13H19ClN2/c1-9-5-4-7-10(9)13(16-15)11-6-2-3-8-12(11)14/h2-3,6,8-10,13,16H,4-5,7,15H2,1H3. The smallest absolute Gasteiger partial charge is 0.0505 e. The van der Waals surface area contributed by atoms with Crippen LogP contribution >= 0.6 is 11.6 Å². The maximum absolute atomic E-state index is 6.23. The van der Waals surface area contributed by atoms with Crippen molar-refractivity contribution in [2.75, 3.05) is 0 Å². The van der Waals surface area contributed by atoms with Crippen molar-refractivity contribution in [2.24, 2.45) is 17.7 Å². The second kappa shape index (κ2) is 5.17. The molecule has 1 saturated carbocycles. The van der Waals surface area contributed by atoms with Crippen molar-refractivity contribution in [1.29, 1.82) is 0 Å². The molecular weight excluding hydrogens is 220 g/mol. The fourth-order valence-electron chi connectivity index (χ4n) is 2.84. The van der Waals surface area contributed by atoms with Crippen LogP contribution in [0.1, 0.15) is 37.8 Å². The summed E-state index contributed by atoms with van der Waals surface area (Å²) in [6.45, 7) is 2.30. The van der Waals surface area contributed by atoms with E-state index in [9.17, 15) is 0 Å². The first-order chi connectivity index (χ1) is 7.74. The number of rotatable bonds is 3. The van der Waals surface area contributed by atoms with Crippen LogP contribution in [0.2, 0.25) is 5.02 Å². The van der Waals surface area contributed by atoms with Gasteiger partial charge in [0.25, 0.3) is 0 Å². The molecular formula is C13H19ClN2. The normalized spacial score (nSPS) is 26.9. The van der Waals surface area contributed by atoms with Gasteiger partial charge in [-0.15, -0.1) is 0 Å². The molecule has 0 bridgehead atoms. The lowest BCUT2D eigenvalue weighted by Gasteiger charge is -2.27. The fraction of sp³-hybridized carbons (Fsp3) is 0.538. The maximum Gasteiger partial charge on any atom is 0.0505 e. The van der Waals surface area contributed by atoms with Crippen LogP contribution in [0.4, 0.5) is 0 Å². The lowest BCUT2D eigenvalue weighted by molar-refractivity contribution is 0.304. The second-order valence-electron chi connectivity index (χ2n) is 4.74. The first kappa shape index (κ1) is 11.9. The first-order valence-electron chi connectivity index (χ1n) is 5.94. The molecule has 0 heterocycles. The van der Waals surface area contributed by atoms with Crippen molar-refractivity contribution >= 4 is 11.6 Å². The Hall–Kier alpha value is -0.570. The molecule has 3 heteroatoms. The molecule has 3 N–H and O–H groups in total. The monoisotopic (exact) mass is 238 g/mol. The van der Waals surface area contributed by atoms with Crippen molar-refractivity contribution in [3.05, 3.63) is 34.9 Å². The van der Waals surface area contributed by atoms with Crippen LogP contribution in [0, 0.1) is 11.8 Å². The molecule has 88 valence electrons. The molecule has 3 unspecified atom stereocenters. The van der Waals surface area contributed by atoms with Crippen molar-refractivity contribution in [3.8, 4) is 0 Å². The minimum absolute atomic E-state index is 0.186. The molecule has 3 atom stereocenters. The predicted molar refractivity (Wildman–Crippen MR) is 68.0 cm³/mol. The van der Waals surface area contributed by atoms with Gasteiger partial charge in [0.1, 0.15) is 0 Å². The van der Waals surface area contributed by atoms with Crippen molar-refractivity contribution < 1.29 is 0 Å². The highest BCUT2D eigenvalue weighted by Crippen LogP contribution is 2.41. The van der Waals surface area contributed by atoms with Gasteiger partial charge in [0.2, 0.25) is 0 Å². The van der Waals surface area contributed by atoms with E-state index in [1.165, 1.54) is 19.3 Å². The number of nitrogens with one attached hydrogen (secondary N) is 1. The minimum Gasteiger partial charge on any atom is -0.271 e. The highest BCUT2D eigenvalue weighted by Gasteiger charge is 2.32. The Morgan fingerprint density at radius 1 is 1.38 bits per heavy atom. The van der Waals surface area contributed by atoms with Crippen LogP contribution in [-0.4, -0.2) is 0 Å². The van der Waals surface area contributed by atoms with E-state index in [4.69, 9.17) is 17.4 Å². The van der Waals surface area contributed by atoms with E-state index >= 15 is 0 Å². The molecule has 0 aromatic heterocycles. The van der Waals surface area contributed by atoms with Gasteiger partial charge >= 0.3 is 0 Å². The summed E-state index contributed by atoms with van der Waals surface area (Å²) in [5.41, 5.74) is 4.08. The van der Waals surface area contributed by atoms with Crippen LogP contribution in [0.3, 0.4) is 0 Å². The van der Waals surface area contributed by atoms with Gasteiger partial charge < -0.3 is 0 Å². The summed E-state index contributed by atoms with van der Waals surface area (Å²) in [4.78, 5) is 0. The number of hydrogen-bond donors (Lipinski definition) is 2. The molecule has 1 aliphatic carbocycles. The van der Waals surface area contributed by atoms with E-state index in [0.29, 0.717) is 5.92 Å². The van der Waals surface area contributed by atoms with Crippen LogP contribution in [0.25, 0.3) is 0 Å². The largest absolute Gasteiger partial charge is 0.271 e. The van der Waals surface area contributed by atoms with E-state index in [-0.39, 0.29) is 6.04 Å². The Labute approximate surface area is 102 Å². The summed E-state index contributed by atoms with van der Waals surface area (Å²) in [5.74, 6) is 7.03. The molecule has 2 nitrogen and oxygen atoms in total. The Morgan fingerprint density at radius 3 is 2.69 bits per heavy atom. The van der Waals surface area contributed by atoms with Gasteiger partial charge in [-0.3, -0.25) is 11.3 Å². The van der Waals surface area contributed by atoms with Crippen LogP contribution in [0.5, 0.6) is 0 Å². The van der Waals surface area contributed by atoms with Gasteiger partial charge in [-0.1, -0.05) is 49.6 Å². The zero-order valence-electron chi connectivity index (χ0n) is 9.62. The van der Waals surface area contributed by atoms with E-state index in [1.807, 2.05) is 18.2 Å². The molecule has 1 aliphatic rings. The molecule has 1 aromatic carbocycles. The van der Waals surface area contributed by atoms with Crippen molar-refractivity contribution in [1.82, 2.24) is 5.43 Å². The van der Waals surface area contributed by atoms with Gasteiger partial charge in [0, 0.05) is 5.02 Å². The second-order valence-corrected chi connectivity index (χ2v) is 5.15. The Bertz CT molecular complexity index is 354. The predicted octanol–water partition coefficient (Wildman–Crippen LogP) is 3.28. The Morgan fingerprint density at radius 2 is 2.12 bits per heavy atom. The summed E-state index contributed by atoms with van der Waals surface area (Å²) in [6, 6.07) is 8.16. The summed E-state index contributed by atoms with van der Waals surface area (Å²) < 4.78 is 0. The number of halogens is 1. The van der Waals surface area contributed by atoms with Crippen LogP contribution < -0.4 is 11.3 Å². The van der Waals surface area contributed by atoms with E-state index in [2.05, 4.69) is 18.4 Å². The highest BCUT2D eigenvalue weighted by molar-refractivity contribution is 6.31. The van der Waals surface area contributed by atoms with E-state index in [0.717, 1.165) is 16.5 Å². The summed E-state index contributed by atoms with van der Waals surface area (Å²) in [7, 11) is 0. The number of hydrogen-bond acceptors (Lipinski definition) is 2. The van der Waals surface area contributed by atoms with E-state index < -0.39 is 0 Å². The third-order valence-electron chi connectivity index (χ3n) is 3.78. The lowest BCUT2D eigenvalue weighted by Crippen LogP contribution is -2.34. The molecule has 0 saturated heterocycles. The molecule has 0 aliphatic heterocycles. The van der Waals surface area contributed by atoms with E-state index in [1.54, 1.807) is 0 Å². The first-order valence-corrected chi connectivity index (χ1v) is 6.32. The van der Waals surface area contributed by atoms with Crippen molar-refractivity contribution in [2.45, 2.75) is 32.2 Å². The van der Waals surface area contributed by atoms with Gasteiger partial charge in [-0.25, -0.2) is 0 Å². The molecule has 0 radical (unpaired) electrons. The SMILES string of the molecule is CC1CCCC1C(NN)c1ccccc1Cl. The Balaban J connectivity index is 2.25. The summed E-state index contributed by atoms with van der Waals surface area (Å²) >= 11 is 6.23. The van der Waals surface area contributed by atoms with Gasteiger partial charge in [-0.05, 0) is 29.9 Å². The molecule has 0 spiro atoms. The maximum atomic E-state index is 6.23. The van der Waals surface area contributed by atoms with Crippen LogP contribution in [0.15, 0.2) is 24.3 Å². The number of nitrogens with two attached hydrogens (primary N) is 1.